The van der Waals surface area contributed by atoms with Crippen LogP contribution in [0.4, 0.5) is 5.69 Å². The first kappa shape index (κ1) is 15.5. The van der Waals surface area contributed by atoms with Crippen molar-refractivity contribution in [2.75, 3.05) is 12.1 Å². The van der Waals surface area contributed by atoms with Crippen LogP contribution < -0.4 is 20.2 Å². The smallest absolute Gasteiger partial charge is 0.271 e. The predicted molar refractivity (Wildman–Crippen MR) is 88.4 cm³/mol. The number of carbonyl (C=O) groups excluding carboxylic acids is 2. The van der Waals surface area contributed by atoms with Gasteiger partial charge in [-0.3, -0.25) is 9.59 Å². The SMILES string of the molecule is CC(=O)Nc1cccc(C(=O)N/N=C/c2ccc3c(c2)OCO3)c1. The molecule has 1 aliphatic heterocycles. The van der Waals surface area contributed by atoms with Crippen molar-refractivity contribution in [1.82, 2.24) is 5.43 Å². The van der Waals surface area contributed by atoms with Crippen LogP contribution in [0.5, 0.6) is 11.5 Å². The molecule has 0 atom stereocenters. The maximum Gasteiger partial charge on any atom is 0.271 e. The summed E-state index contributed by atoms with van der Waals surface area (Å²) in [7, 11) is 0. The molecule has 3 rings (SSSR count). The molecule has 0 bridgehead atoms. The number of anilines is 1. The fourth-order valence-electron chi connectivity index (χ4n) is 2.16. The summed E-state index contributed by atoms with van der Waals surface area (Å²) in [4.78, 5) is 23.1. The molecule has 2 N–H and O–H groups in total. The summed E-state index contributed by atoms with van der Waals surface area (Å²) in [6, 6.07) is 12.0. The Balaban J connectivity index is 1.64. The standard InChI is InChI=1S/C17H15N3O4/c1-11(21)19-14-4-2-3-13(8-14)17(22)20-18-9-12-5-6-15-16(7-12)24-10-23-15/h2-9H,10H2,1H3,(H,19,21)(H,20,22)/b18-9+. The maximum atomic E-state index is 12.1. The molecular formula is C17H15N3O4. The minimum Gasteiger partial charge on any atom is -0.454 e. The molecule has 0 radical (unpaired) electrons. The van der Waals surface area contributed by atoms with Gasteiger partial charge in [0.05, 0.1) is 6.21 Å². The number of nitrogens with one attached hydrogen (secondary N) is 2. The van der Waals surface area contributed by atoms with Crippen molar-refractivity contribution in [3.05, 3.63) is 53.6 Å². The van der Waals surface area contributed by atoms with Gasteiger partial charge in [0.2, 0.25) is 12.7 Å². The fraction of sp³-hybridized carbons (Fsp3) is 0.118. The topological polar surface area (TPSA) is 89.0 Å². The highest BCUT2D eigenvalue weighted by atomic mass is 16.7. The van der Waals surface area contributed by atoms with E-state index >= 15 is 0 Å². The Kier molecular flexibility index (Phi) is 4.42. The molecule has 0 spiro atoms. The Hall–Kier alpha value is -3.35. The summed E-state index contributed by atoms with van der Waals surface area (Å²) in [5, 5.41) is 6.55. The van der Waals surface area contributed by atoms with Gasteiger partial charge in [0.25, 0.3) is 5.91 Å². The number of hydrogen-bond donors (Lipinski definition) is 2. The van der Waals surface area contributed by atoms with Crippen LogP contribution >= 0.6 is 0 Å². The molecule has 0 aromatic heterocycles. The van der Waals surface area contributed by atoms with E-state index in [2.05, 4.69) is 15.8 Å². The molecule has 0 unspecified atom stereocenters. The molecular weight excluding hydrogens is 310 g/mol. The minimum absolute atomic E-state index is 0.201. The number of nitrogens with zero attached hydrogens (tertiary/aromatic N) is 1. The third kappa shape index (κ3) is 3.70. The first-order valence-corrected chi connectivity index (χ1v) is 7.22. The quantitative estimate of drug-likeness (QED) is 0.666. The average Bonchev–Trinajstić information content (AvgIpc) is 3.02. The van der Waals surface area contributed by atoms with Gasteiger partial charge < -0.3 is 14.8 Å². The second kappa shape index (κ2) is 6.82. The Morgan fingerprint density at radius 3 is 2.79 bits per heavy atom. The van der Waals surface area contributed by atoms with E-state index in [0.29, 0.717) is 22.7 Å². The summed E-state index contributed by atoms with van der Waals surface area (Å²) < 4.78 is 10.5. The third-order valence-electron chi connectivity index (χ3n) is 3.22. The lowest BCUT2D eigenvalue weighted by Gasteiger charge is -2.04. The van der Waals surface area contributed by atoms with Crippen LogP contribution in [0, 0.1) is 0 Å². The lowest BCUT2D eigenvalue weighted by atomic mass is 10.2. The van der Waals surface area contributed by atoms with Gasteiger partial charge in [-0.05, 0) is 42.0 Å². The van der Waals surface area contributed by atoms with Gasteiger partial charge >= 0.3 is 0 Å². The van der Waals surface area contributed by atoms with Crippen LogP contribution in [0.3, 0.4) is 0 Å². The van der Waals surface area contributed by atoms with Gasteiger partial charge in [-0.2, -0.15) is 5.10 Å². The zero-order chi connectivity index (χ0) is 16.9. The molecule has 0 saturated carbocycles. The van der Waals surface area contributed by atoms with Crippen LogP contribution in [0.25, 0.3) is 0 Å². The highest BCUT2D eigenvalue weighted by Crippen LogP contribution is 2.31. The molecule has 0 saturated heterocycles. The number of rotatable bonds is 4. The minimum atomic E-state index is -0.376. The van der Waals surface area contributed by atoms with E-state index in [9.17, 15) is 9.59 Å². The number of ether oxygens (including phenoxy) is 2. The lowest BCUT2D eigenvalue weighted by molar-refractivity contribution is -0.114. The van der Waals surface area contributed by atoms with Gasteiger partial charge in [-0.1, -0.05) is 6.07 Å². The second-order valence-corrected chi connectivity index (χ2v) is 5.07. The Labute approximate surface area is 138 Å². The van der Waals surface area contributed by atoms with E-state index < -0.39 is 0 Å². The van der Waals surface area contributed by atoms with Crippen LogP contribution in [-0.2, 0) is 4.79 Å². The Morgan fingerprint density at radius 1 is 1.12 bits per heavy atom. The van der Waals surface area contributed by atoms with E-state index in [1.54, 1.807) is 42.5 Å². The molecule has 2 aromatic rings. The van der Waals surface area contributed by atoms with Crippen LogP contribution in [-0.4, -0.2) is 24.8 Å². The predicted octanol–water partition coefficient (Wildman–Crippen LogP) is 2.14. The van der Waals surface area contributed by atoms with E-state index in [4.69, 9.17) is 9.47 Å². The first-order valence-electron chi connectivity index (χ1n) is 7.22. The van der Waals surface area contributed by atoms with Gasteiger partial charge in [-0.15, -0.1) is 0 Å². The number of fused-ring (bicyclic) bond motifs is 1. The van der Waals surface area contributed by atoms with Crippen molar-refractivity contribution in [2.24, 2.45) is 5.10 Å². The second-order valence-electron chi connectivity index (χ2n) is 5.07. The van der Waals surface area contributed by atoms with Crippen LogP contribution in [0.2, 0.25) is 0 Å². The van der Waals surface area contributed by atoms with E-state index in [-0.39, 0.29) is 18.6 Å². The van der Waals surface area contributed by atoms with Crippen molar-refractivity contribution >= 4 is 23.7 Å². The third-order valence-corrected chi connectivity index (χ3v) is 3.22. The van der Waals surface area contributed by atoms with E-state index in [1.165, 1.54) is 13.1 Å². The highest BCUT2D eigenvalue weighted by molar-refractivity contribution is 5.97. The van der Waals surface area contributed by atoms with Gasteiger partial charge in [-0.25, -0.2) is 5.43 Å². The maximum absolute atomic E-state index is 12.1. The summed E-state index contributed by atoms with van der Waals surface area (Å²) in [5.74, 6) is 0.756. The van der Waals surface area contributed by atoms with Crippen LogP contribution in [0.1, 0.15) is 22.8 Å². The molecule has 7 nitrogen and oxygen atoms in total. The monoisotopic (exact) mass is 325 g/mol. The number of benzene rings is 2. The molecule has 122 valence electrons. The summed E-state index contributed by atoms with van der Waals surface area (Å²) in [6.45, 7) is 1.61. The Morgan fingerprint density at radius 2 is 1.96 bits per heavy atom. The Bertz CT molecular complexity index is 817. The fourth-order valence-corrected chi connectivity index (χ4v) is 2.16. The summed E-state index contributed by atoms with van der Waals surface area (Å²) in [5.41, 5.74) is 4.15. The van der Waals surface area contributed by atoms with Crippen molar-refractivity contribution in [3.8, 4) is 11.5 Å². The van der Waals surface area contributed by atoms with Crippen molar-refractivity contribution in [2.45, 2.75) is 6.92 Å². The number of amides is 2. The highest BCUT2D eigenvalue weighted by Gasteiger charge is 2.12. The number of hydrogen-bond acceptors (Lipinski definition) is 5. The zero-order valence-electron chi connectivity index (χ0n) is 12.9. The average molecular weight is 325 g/mol. The van der Waals surface area contributed by atoms with E-state index in [1.807, 2.05) is 0 Å². The van der Waals surface area contributed by atoms with Crippen LogP contribution in [0.15, 0.2) is 47.6 Å². The summed E-state index contributed by atoms with van der Waals surface area (Å²) in [6.07, 6.45) is 1.51. The number of carbonyl (C=O) groups is 2. The zero-order valence-corrected chi connectivity index (χ0v) is 12.9. The first-order chi connectivity index (χ1) is 11.6. The molecule has 2 aromatic carbocycles. The summed E-state index contributed by atoms with van der Waals surface area (Å²) >= 11 is 0. The van der Waals surface area contributed by atoms with Crippen molar-refractivity contribution in [3.63, 3.8) is 0 Å². The molecule has 1 aliphatic rings. The lowest BCUT2D eigenvalue weighted by Crippen LogP contribution is -2.18. The van der Waals surface area contributed by atoms with E-state index in [0.717, 1.165) is 5.56 Å². The normalized spacial score (nSPS) is 12.2. The van der Waals surface area contributed by atoms with Gasteiger partial charge in [0.15, 0.2) is 11.5 Å². The molecule has 24 heavy (non-hydrogen) atoms. The van der Waals surface area contributed by atoms with Crippen molar-refractivity contribution in [1.29, 1.82) is 0 Å². The number of hydrazone groups is 1. The molecule has 0 aliphatic carbocycles. The van der Waals surface area contributed by atoms with Crippen molar-refractivity contribution < 1.29 is 19.1 Å². The van der Waals surface area contributed by atoms with Gasteiger partial charge in [0.1, 0.15) is 0 Å². The van der Waals surface area contributed by atoms with Gasteiger partial charge in [0, 0.05) is 18.2 Å². The molecule has 7 heteroatoms. The molecule has 2 amide bonds. The largest absolute Gasteiger partial charge is 0.454 e. The molecule has 0 fully saturated rings. The molecule has 1 heterocycles.